The normalized spacial score (nSPS) is 17.2. The third-order valence-corrected chi connectivity index (χ3v) is 7.91. The van der Waals surface area contributed by atoms with Crippen LogP contribution in [0.1, 0.15) is 21.7 Å². The van der Waals surface area contributed by atoms with Crippen LogP contribution in [0, 0.1) is 6.92 Å². The number of thiophene rings is 1. The molecule has 2 heterocycles. The van der Waals surface area contributed by atoms with E-state index in [0.29, 0.717) is 14.9 Å². The molecular formula is C20H22ClN3O7S2. The molecule has 178 valence electrons. The number of aliphatic hydroxyl groups excluding tert-OH is 1. The lowest BCUT2D eigenvalue weighted by molar-refractivity contribution is -0.142. The summed E-state index contributed by atoms with van der Waals surface area (Å²) >= 11 is 6.86. The predicted octanol–water partition coefficient (Wildman–Crippen LogP) is 1.06. The Balaban J connectivity index is 1.81. The average molecular weight is 516 g/mol. The Kier molecular flexibility index (Phi) is 7.75. The molecule has 0 bridgehead atoms. The number of hydrogen-bond donors (Lipinski definition) is 3. The zero-order chi connectivity index (χ0) is 24.3. The number of methoxy groups -OCH3 is 1. The Morgan fingerprint density at radius 2 is 2.06 bits per heavy atom. The van der Waals surface area contributed by atoms with Gasteiger partial charge in [0.15, 0.2) is 0 Å². The van der Waals surface area contributed by atoms with E-state index in [1.54, 1.807) is 12.1 Å². The topological polar surface area (TPSA) is 142 Å². The van der Waals surface area contributed by atoms with Crippen LogP contribution in [-0.2, 0) is 24.3 Å². The van der Waals surface area contributed by atoms with Gasteiger partial charge < -0.3 is 20.1 Å². The number of carbonyl (C=O) groups is 3. The Labute approximate surface area is 199 Å². The fraction of sp³-hybridized carbons (Fsp3) is 0.350. The molecule has 3 N–H and O–H groups in total. The Hall–Kier alpha value is -2.51. The van der Waals surface area contributed by atoms with E-state index in [9.17, 15) is 27.9 Å². The molecule has 13 heteroatoms. The molecule has 33 heavy (non-hydrogen) atoms. The summed E-state index contributed by atoms with van der Waals surface area (Å²) in [7, 11) is -3.16. The van der Waals surface area contributed by atoms with E-state index in [1.165, 1.54) is 30.0 Å². The van der Waals surface area contributed by atoms with Crippen LogP contribution in [0.15, 0.2) is 35.2 Å². The number of nitrogens with zero attached hydrogens (tertiary/aromatic N) is 1. The highest BCUT2D eigenvalue weighted by Gasteiger charge is 2.34. The first-order valence-corrected chi connectivity index (χ1v) is 12.5. The van der Waals surface area contributed by atoms with Crippen molar-refractivity contribution in [3.8, 4) is 0 Å². The minimum Gasteiger partial charge on any atom is -0.468 e. The van der Waals surface area contributed by atoms with Gasteiger partial charge in [0.25, 0.3) is 11.8 Å². The fourth-order valence-corrected chi connectivity index (χ4v) is 5.78. The lowest BCUT2D eigenvalue weighted by atomic mass is 10.2. The summed E-state index contributed by atoms with van der Waals surface area (Å²) in [4.78, 5) is 38.1. The van der Waals surface area contributed by atoms with Gasteiger partial charge in [0, 0.05) is 25.2 Å². The second kappa shape index (κ2) is 10.2. The number of nitrogens with one attached hydrogen (secondary N) is 2. The summed E-state index contributed by atoms with van der Waals surface area (Å²) < 4.78 is 33.6. The molecule has 3 rings (SSSR count). The van der Waals surface area contributed by atoms with Gasteiger partial charge in [-0.2, -0.15) is 4.72 Å². The first-order chi connectivity index (χ1) is 15.5. The van der Waals surface area contributed by atoms with Crippen LogP contribution in [0.4, 0.5) is 5.69 Å². The smallest absolute Gasteiger partial charge is 0.325 e. The van der Waals surface area contributed by atoms with Crippen molar-refractivity contribution in [2.24, 2.45) is 0 Å². The van der Waals surface area contributed by atoms with Crippen molar-refractivity contribution in [3.63, 3.8) is 0 Å². The number of rotatable bonds is 8. The third-order valence-electron chi connectivity index (χ3n) is 5.06. The number of halogens is 1. The van der Waals surface area contributed by atoms with Crippen molar-refractivity contribution >= 4 is 56.4 Å². The van der Waals surface area contributed by atoms with Crippen molar-refractivity contribution in [1.82, 2.24) is 10.0 Å². The van der Waals surface area contributed by atoms with Crippen molar-refractivity contribution in [2.45, 2.75) is 30.4 Å². The zero-order valence-corrected chi connectivity index (χ0v) is 20.1. The van der Waals surface area contributed by atoms with E-state index >= 15 is 0 Å². The van der Waals surface area contributed by atoms with Gasteiger partial charge in [0.2, 0.25) is 10.0 Å². The van der Waals surface area contributed by atoms with Gasteiger partial charge >= 0.3 is 5.97 Å². The summed E-state index contributed by atoms with van der Waals surface area (Å²) in [6.07, 6.45) is -0.888. The number of ether oxygens (including phenoxy) is 1. The lowest BCUT2D eigenvalue weighted by Crippen LogP contribution is -2.48. The SMILES string of the molecule is COC(=O)C(CNC(=O)c1ccc(Cl)s1)NS(=O)(=O)c1cccc(N2CC[C@H](O)C2=O)c1C. The van der Waals surface area contributed by atoms with Crippen molar-refractivity contribution in [3.05, 3.63) is 45.1 Å². The molecule has 2 amide bonds. The highest BCUT2D eigenvalue weighted by molar-refractivity contribution is 7.89. The second-order valence-corrected chi connectivity index (χ2v) is 10.6. The predicted molar refractivity (Wildman–Crippen MR) is 122 cm³/mol. The van der Waals surface area contributed by atoms with Gasteiger partial charge in [0.05, 0.1) is 21.2 Å². The van der Waals surface area contributed by atoms with Crippen molar-refractivity contribution in [2.75, 3.05) is 25.1 Å². The maximum atomic E-state index is 13.1. The molecule has 2 atom stereocenters. The van der Waals surface area contributed by atoms with Gasteiger partial charge in [-0.3, -0.25) is 14.4 Å². The number of esters is 1. The second-order valence-electron chi connectivity index (χ2n) is 7.21. The van der Waals surface area contributed by atoms with E-state index in [1.807, 2.05) is 0 Å². The minimum atomic E-state index is -4.26. The first kappa shape index (κ1) is 25.1. The molecule has 1 fully saturated rings. The van der Waals surface area contributed by atoms with Gasteiger partial charge in [-0.25, -0.2) is 8.42 Å². The molecule has 1 aliphatic heterocycles. The van der Waals surface area contributed by atoms with Gasteiger partial charge in [-0.05, 0) is 36.8 Å². The van der Waals surface area contributed by atoms with Crippen LogP contribution in [0.5, 0.6) is 0 Å². The molecule has 2 aromatic rings. The van der Waals surface area contributed by atoms with Gasteiger partial charge in [-0.1, -0.05) is 17.7 Å². The first-order valence-electron chi connectivity index (χ1n) is 9.78. The number of carbonyl (C=O) groups excluding carboxylic acids is 3. The summed E-state index contributed by atoms with van der Waals surface area (Å²) in [6.45, 7) is 1.41. The van der Waals surface area contributed by atoms with Gasteiger partial charge in [-0.15, -0.1) is 11.3 Å². The van der Waals surface area contributed by atoms with Gasteiger partial charge in [0.1, 0.15) is 12.1 Å². The summed E-state index contributed by atoms with van der Waals surface area (Å²) in [6, 6.07) is 6.02. The molecule has 0 aliphatic carbocycles. The third kappa shape index (κ3) is 5.53. The maximum Gasteiger partial charge on any atom is 0.325 e. The number of benzene rings is 1. The average Bonchev–Trinajstić information content (AvgIpc) is 3.36. The number of anilines is 1. The minimum absolute atomic E-state index is 0.153. The highest BCUT2D eigenvalue weighted by Crippen LogP contribution is 2.29. The Bertz CT molecular complexity index is 1180. The monoisotopic (exact) mass is 515 g/mol. The van der Waals surface area contributed by atoms with Crippen LogP contribution >= 0.6 is 22.9 Å². The van der Waals surface area contributed by atoms with E-state index in [-0.39, 0.29) is 30.0 Å². The number of aliphatic hydroxyl groups is 1. The zero-order valence-electron chi connectivity index (χ0n) is 17.7. The fourth-order valence-electron chi connectivity index (χ4n) is 3.37. The summed E-state index contributed by atoms with van der Waals surface area (Å²) in [5.41, 5.74) is 0.616. The number of amides is 2. The molecule has 0 saturated carbocycles. The van der Waals surface area contributed by atoms with E-state index < -0.39 is 40.0 Å². The lowest BCUT2D eigenvalue weighted by Gasteiger charge is -2.22. The maximum absolute atomic E-state index is 13.1. The summed E-state index contributed by atoms with van der Waals surface area (Å²) in [5, 5.41) is 12.2. The molecule has 0 spiro atoms. The van der Waals surface area contributed by atoms with E-state index in [0.717, 1.165) is 18.4 Å². The molecule has 1 unspecified atom stereocenters. The summed E-state index contributed by atoms with van der Waals surface area (Å²) in [5.74, 6) is -1.93. The van der Waals surface area contributed by atoms with Crippen LogP contribution in [0.2, 0.25) is 4.34 Å². The van der Waals surface area contributed by atoms with Crippen molar-refractivity contribution in [1.29, 1.82) is 0 Å². The van der Waals surface area contributed by atoms with Crippen LogP contribution in [-0.4, -0.2) is 63.7 Å². The molecule has 1 aliphatic rings. The number of hydrogen-bond acceptors (Lipinski definition) is 8. The molecule has 10 nitrogen and oxygen atoms in total. The van der Waals surface area contributed by atoms with Crippen LogP contribution in [0.25, 0.3) is 0 Å². The highest BCUT2D eigenvalue weighted by atomic mass is 35.5. The quantitative estimate of drug-likeness (QED) is 0.446. The van der Waals surface area contributed by atoms with E-state index in [4.69, 9.17) is 11.6 Å². The molecule has 1 saturated heterocycles. The van der Waals surface area contributed by atoms with E-state index in [2.05, 4.69) is 14.8 Å². The molecule has 1 aromatic carbocycles. The largest absolute Gasteiger partial charge is 0.468 e. The number of sulfonamides is 1. The standard InChI is InChI=1S/C20H22ClN3O7S2/c1-11-13(24-9-8-14(25)19(24)27)4-3-5-16(11)33(29,30)23-12(20(28)31-2)10-22-18(26)15-6-7-17(21)32-15/h3-7,12,14,23,25H,8-10H2,1-2H3,(H,22,26)/t12?,14-/m0/s1. The molecule has 0 radical (unpaired) electrons. The van der Waals surface area contributed by atoms with Crippen LogP contribution < -0.4 is 14.9 Å². The molecule has 1 aromatic heterocycles. The Morgan fingerprint density at radius 1 is 1.33 bits per heavy atom. The van der Waals surface area contributed by atoms with Crippen LogP contribution in [0.3, 0.4) is 0 Å². The van der Waals surface area contributed by atoms with Crippen molar-refractivity contribution < 1.29 is 32.6 Å². The molecular weight excluding hydrogens is 494 g/mol. The Morgan fingerprint density at radius 3 is 2.64 bits per heavy atom.